The number of morpholine rings is 1. The van der Waals surface area contributed by atoms with Gasteiger partial charge in [-0.15, -0.1) is 0 Å². The van der Waals surface area contributed by atoms with Crippen molar-refractivity contribution in [2.24, 2.45) is 0 Å². The maximum atomic E-state index is 12.8. The van der Waals surface area contributed by atoms with E-state index < -0.39 is 0 Å². The summed E-state index contributed by atoms with van der Waals surface area (Å²) in [4.78, 5) is 26.4. The fraction of sp³-hybridized carbons (Fsp3) is 0.391. The van der Waals surface area contributed by atoms with Crippen LogP contribution >= 0.6 is 0 Å². The Balaban J connectivity index is 1.38. The van der Waals surface area contributed by atoms with Gasteiger partial charge < -0.3 is 25.0 Å². The lowest BCUT2D eigenvalue weighted by molar-refractivity contribution is -0.0586. The molecule has 1 saturated heterocycles. The summed E-state index contributed by atoms with van der Waals surface area (Å²) in [6.45, 7) is 6.01. The molecule has 2 aromatic rings. The molecule has 0 aliphatic carbocycles. The number of hydrogen-bond acceptors (Lipinski definition) is 4. The maximum Gasteiger partial charge on any atom is 0.315 e. The van der Waals surface area contributed by atoms with E-state index in [9.17, 15) is 14.0 Å². The predicted molar refractivity (Wildman–Crippen MR) is 114 cm³/mol. The fourth-order valence-corrected chi connectivity index (χ4v) is 3.40. The van der Waals surface area contributed by atoms with Crippen LogP contribution in [0.1, 0.15) is 29.8 Å². The highest BCUT2D eigenvalue weighted by Crippen LogP contribution is 2.15. The van der Waals surface area contributed by atoms with Crippen molar-refractivity contribution >= 4 is 11.9 Å². The predicted octanol–water partition coefficient (Wildman–Crippen LogP) is 2.95. The Labute approximate surface area is 181 Å². The second-order valence-electron chi connectivity index (χ2n) is 7.58. The van der Waals surface area contributed by atoms with Crippen LogP contribution in [0.2, 0.25) is 0 Å². The van der Waals surface area contributed by atoms with Gasteiger partial charge in [0, 0.05) is 25.2 Å². The van der Waals surface area contributed by atoms with E-state index in [1.807, 2.05) is 30.9 Å². The third kappa shape index (κ3) is 6.96. The molecule has 2 aromatic carbocycles. The van der Waals surface area contributed by atoms with Gasteiger partial charge in [-0.2, -0.15) is 0 Å². The lowest BCUT2D eigenvalue weighted by Crippen LogP contribution is -2.48. The summed E-state index contributed by atoms with van der Waals surface area (Å²) in [6, 6.07) is 12.6. The number of nitrogens with zero attached hydrogens (tertiary/aromatic N) is 1. The minimum absolute atomic E-state index is 0.0135. The molecule has 1 fully saturated rings. The molecule has 2 N–H and O–H groups in total. The summed E-state index contributed by atoms with van der Waals surface area (Å²) in [5.74, 6) is 0.201. The highest BCUT2D eigenvalue weighted by atomic mass is 19.1. The van der Waals surface area contributed by atoms with Crippen LogP contribution < -0.4 is 15.4 Å². The van der Waals surface area contributed by atoms with Crippen molar-refractivity contribution in [1.82, 2.24) is 15.5 Å². The molecule has 1 aliphatic heterocycles. The number of nitrogens with one attached hydrogen (secondary N) is 2. The molecule has 0 radical (unpaired) electrons. The first-order valence-electron chi connectivity index (χ1n) is 10.3. The largest absolute Gasteiger partial charge is 0.492 e. The van der Waals surface area contributed by atoms with Gasteiger partial charge in [-0.3, -0.25) is 4.79 Å². The summed E-state index contributed by atoms with van der Waals surface area (Å²) < 4.78 is 23.9. The van der Waals surface area contributed by atoms with Gasteiger partial charge >= 0.3 is 6.03 Å². The lowest BCUT2D eigenvalue weighted by atomic mass is 10.1. The van der Waals surface area contributed by atoms with E-state index in [-0.39, 0.29) is 36.6 Å². The first-order valence-corrected chi connectivity index (χ1v) is 10.3. The van der Waals surface area contributed by atoms with E-state index in [1.54, 1.807) is 12.1 Å². The normalized spacial score (nSPS) is 18.4. The molecule has 0 spiro atoms. The summed E-state index contributed by atoms with van der Waals surface area (Å²) in [5, 5.41) is 5.46. The van der Waals surface area contributed by atoms with Crippen molar-refractivity contribution in [2.45, 2.75) is 32.6 Å². The van der Waals surface area contributed by atoms with E-state index >= 15 is 0 Å². The third-order valence-electron chi connectivity index (χ3n) is 4.83. The van der Waals surface area contributed by atoms with Gasteiger partial charge in [-0.05, 0) is 55.8 Å². The van der Waals surface area contributed by atoms with Gasteiger partial charge in [0.15, 0.2) is 0 Å². The minimum Gasteiger partial charge on any atom is -0.492 e. The smallest absolute Gasteiger partial charge is 0.315 e. The summed E-state index contributed by atoms with van der Waals surface area (Å²) in [5.41, 5.74) is 1.51. The first-order chi connectivity index (χ1) is 14.9. The number of hydrogen-bond donors (Lipinski definition) is 2. The molecule has 8 heteroatoms. The van der Waals surface area contributed by atoms with Crippen LogP contribution in [0.5, 0.6) is 5.75 Å². The Morgan fingerprint density at radius 2 is 1.68 bits per heavy atom. The topological polar surface area (TPSA) is 79.9 Å². The highest BCUT2D eigenvalue weighted by molar-refractivity contribution is 5.94. The molecule has 3 rings (SSSR count). The number of urea groups is 1. The molecule has 166 valence electrons. The SMILES string of the molecule is CC1CN(C(=O)c2ccc(CNC(=O)NCCOc3ccc(F)cc3)cc2)CC(C)O1. The average molecular weight is 429 g/mol. The quantitative estimate of drug-likeness (QED) is 0.664. The van der Waals surface area contributed by atoms with Gasteiger partial charge in [0.2, 0.25) is 0 Å². The Morgan fingerprint density at radius 1 is 1.03 bits per heavy atom. The number of amides is 3. The van der Waals surface area contributed by atoms with Crippen LogP contribution in [-0.2, 0) is 11.3 Å². The molecular weight excluding hydrogens is 401 g/mol. The lowest BCUT2D eigenvalue weighted by Gasteiger charge is -2.35. The van der Waals surface area contributed by atoms with E-state index in [0.717, 1.165) is 5.56 Å². The number of benzene rings is 2. The molecule has 3 amide bonds. The number of ether oxygens (including phenoxy) is 2. The van der Waals surface area contributed by atoms with Crippen molar-refractivity contribution in [3.05, 3.63) is 65.5 Å². The van der Waals surface area contributed by atoms with Gasteiger partial charge in [0.1, 0.15) is 18.2 Å². The zero-order valence-corrected chi connectivity index (χ0v) is 17.8. The third-order valence-corrected chi connectivity index (χ3v) is 4.83. The van der Waals surface area contributed by atoms with Crippen LogP contribution in [0, 0.1) is 5.82 Å². The molecule has 1 heterocycles. The van der Waals surface area contributed by atoms with Gasteiger partial charge in [-0.25, -0.2) is 9.18 Å². The Morgan fingerprint density at radius 3 is 2.32 bits per heavy atom. The second-order valence-corrected chi connectivity index (χ2v) is 7.58. The van der Waals surface area contributed by atoms with Crippen molar-refractivity contribution in [3.63, 3.8) is 0 Å². The van der Waals surface area contributed by atoms with Crippen LogP contribution in [0.3, 0.4) is 0 Å². The average Bonchev–Trinajstić information content (AvgIpc) is 2.76. The zero-order valence-electron chi connectivity index (χ0n) is 17.8. The Hall–Kier alpha value is -3.13. The molecule has 7 nitrogen and oxygen atoms in total. The van der Waals surface area contributed by atoms with Gasteiger partial charge in [0.25, 0.3) is 5.91 Å². The van der Waals surface area contributed by atoms with Crippen molar-refractivity contribution in [3.8, 4) is 5.75 Å². The minimum atomic E-state index is -0.326. The zero-order chi connectivity index (χ0) is 22.2. The van der Waals surface area contributed by atoms with Crippen molar-refractivity contribution in [2.75, 3.05) is 26.2 Å². The van der Waals surface area contributed by atoms with Gasteiger partial charge in [0.05, 0.1) is 18.8 Å². The summed E-state index contributed by atoms with van der Waals surface area (Å²) in [6.07, 6.45) is 0.0477. The second kappa shape index (κ2) is 10.8. The van der Waals surface area contributed by atoms with Crippen LogP contribution in [0.25, 0.3) is 0 Å². The summed E-state index contributed by atoms with van der Waals surface area (Å²) in [7, 11) is 0. The van der Waals surface area contributed by atoms with E-state index in [0.29, 0.717) is 37.5 Å². The maximum absolute atomic E-state index is 12.8. The van der Waals surface area contributed by atoms with E-state index in [1.165, 1.54) is 24.3 Å². The number of rotatable bonds is 7. The highest BCUT2D eigenvalue weighted by Gasteiger charge is 2.26. The van der Waals surface area contributed by atoms with E-state index in [4.69, 9.17) is 9.47 Å². The number of carbonyl (C=O) groups is 2. The van der Waals surface area contributed by atoms with Crippen LogP contribution in [-0.4, -0.2) is 55.3 Å². The molecule has 2 atom stereocenters. The van der Waals surface area contributed by atoms with Gasteiger partial charge in [-0.1, -0.05) is 12.1 Å². The van der Waals surface area contributed by atoms with Crippen LogP contribution in [0.15, 0.2) is 48.5 Å². The van der Waals surface area contributed by atoms with E-state index in [2.05, 4.69) is 10.6 Å². The summed E-state index contributed by atoms with van der Waals surface area (Å²) >= 11 is 0. The Kier molecular flexibility index (Phi) is 7.83. The fourth-order valence-electron chi connectivity index (χ4n) is 3.40. The van der Waals surface area contributed by atoms with Crippen molar-refractivity contribution < 1.29 is 23.5 Å². The molecule has 0 saturated carbocycles. The number of carbonyl (C=O) groups excluding carboxylic acids is 2. The molecule has 31 heavy (non-hydrogen) atoms. The number of halogens is 1. The molecule has 1 aliphatic rings. The first kappa shape index (κ1) is 22.6. The molecule has 2 unspecified atom stereocenters. The standard InChI is InChI=1S/C23H28FN3O4/c1-16-14-27(15-17(2)31-16)22(28)19-5-3-18(4-6-19)13-26-23(29)25-11-12-30-21-9-7-20(24)8-10-21/h3-10,16-17H,11-15H2,1-2H3,(H2,25,26,29). The Bertz CT molecular complexity index is 863. The van der Waals surface area contributed by atoms with Crippen molar-refractivity contribution in [1.29, 1.82) is 0 Å². The molecule has 0 bridgehead atoms. The monoisotopic (exact) mass is 429 g/mol. The molecule has 0 aromatic heterocycles. The molecular formula is C23H28FN3O4. The van der Waals surface area contributed by atoms with Crippen LogP contribution in [0.4, 0.5) is 9.18 Å².